The summed E-state index contributed by atoms with van der Waals surface area (Å²) in [4.78, 5) is 3.32. The Labute approximate surface area is 128 Å². The van der Waals surface area contributed by atoms with Gasteiger partial charge in [0, 0.05) is 6.08 Å². The van der Waals surface area contributed by atoms with Crippen LogP contribution in [0, 0.1) is 0 Å². The maximum atomic E-state index is 10.5. The van der Waals surface area contributed by atoms with E-state index in [-0.39, 0.29) is 11.5 Å². The molecule has 1 aliphatic carbocycles. The molecule has 3 rings (SSSR count). The molecule has 1 aliphatic rings. The minimum atomic E-state index is -1.35. The van der Waals surface area contributed by atoms with Crippen LogP contribution >= 0.6 is 0 Å². The zero-order valence-electron chi connectivity index (χ0n) is 11.8. The predicted molar refractivity (Wildman–Crippen MR) is 86.1 cm³/mol. The van der Waals surface area contributed by atoms with Crippen molar-refractivity contribution in [2.45, 2.75) is 5.54 Å². The summed E-state index contributed by atoms with van der Waals surface area (Å²) in [6, 6.07) is 18.6. The average molecular weight is 289 g/mol. The van der Waals surface area contributed by atoms with E-state index >= 15 is 0 Å². The molecule has 0 saturated carbocycles. The lowest BCUT2D eigenvalue weighted by Crippen LogP contribution is -2.48. The number of nitrogens with two attached hydrogens (primary N) is 1. The second kappa shape index (κ2) is 5.45. The number of aliphatic hydroxyl groups excluding tert-OH is 1. The zero-order valence-corrected chi connectivity index (χ0v) is 11.8. The highest BCUT2D eigenvalue weighted by molar-refractivity contribution is 6.09. The second-order valence-corrected chi connectivity index (χ2v) is 5.15. The van der Waals surface area contributed by atoms with E-state index < -0.39 is 5.54 Å². The van der Waals surface area contributed by atoms with E-state index in [2.05, 4.69) is 4.79 Å². The van der Waals surface area contributed by atoms with Gasteiger partial charge in [-0.15, -0.1) is 0 Å². The molecule has 1 unspecified atom stereocenters. The standard InChI is InChI=1S/C18H15N3O/c19-18(15-9-5-2-6-10-15)16(21-20)11-14(12-17(18)22)13-7-3-1-4-8-13/h1-12,22H,19H2. The molecule has 0 bridgehead atoms. The summed E-state index contributed by atoms with van der Waals surface area (Å²) in [7, 11) is 0. The first-order valence-corrected chi connectivity index (χ1v) is 6.91. The van der Waals surface area contributed by atoms with Gasteiger partial charge in [-0.05, 0) is 22.8 Å². The largest absolute Gasteiger partial charge is 0.509 e. The maximum absolute atomic E-state index is 10.5. The smallest absolute Gasteiger partial charge is 0.324 e. The lowest BCUT2D eigenvalue weighted by Gasteiger charge is -2.27. The topological polar surface area (TPSA) is 82.7 Å². The number of hydrogen-bond donors (Lipinski definition) is 2. The van der Waals surface area contributed by atoms with Crippen molar-refractivity contribution in [2.75, 3.05) is 0 Å². The summed E-state index contributed by atoms with van der Waals surface area (Å²) in [6.45, 7) is 0. The van der Waals surface area contributed by atoms with E-state index in [9.17, 15) is 10.6 Å². The van der Waals surface area contributed by atoms with E-state index in [0.717, 1.165) is 11.1 Å². The van der Waals surface area contributed by atoms with Gasteiger partial charge in [-0.1, -0.05) is 60.7 Å². The molecule has 1 atom stereocenters. The first kappa shape index (κ1) is 14.0. The molecule has 0 spiro atoms. The Morgan fingerprint density at radius 1 is 0.909 bits per heavy atom. The van der Waals surface area contributed by atoms with Gasteiger partial charge in [0.2, 0.25) is 5.54 Å². The van der Waals surface area contributed by atoms with E-state index in [1.54, 1.807) is 24.3 Å². The van der Waals surface area contributed by atoms with Crippen molar-refractivity contribution >= 4 is 11.3 Å². The van der Waals surface area contributed by atoms with E-state index in [4.69, 9.17) is 5.73 Å². The molecule has 0 radical (unpaired) electrons. The molecule has 2 aromatic carbocycles. The minimum Gasteiger partial charge on any atom is -0.509 e. The highest BCUT2D eigenvalue weighted by Gasteiger charge is 2.45. The summed E-state index contributed by atoms with van der Waals surface area (Å²) >= 11 is 0. The molecule has 0 aliphatic heterocycles. The van der Waals surface area contributed by atoms with Crippen LogP contribution in [0.5, 0.6) is 0 Å². The Morgan fingerprint density at radius 2 is 1.50 bits per heavy atom. The fraction of sp³-hybridized carbons (Fsp3) is 0.0556. The van der Waals surface area contributed by atoms with Crippen molar-refractivity contribution < 1.29 is 9.90 Å². The predicted octanol–water partition coefficient (Wildman–Crippen LogP) is 3.05. The molecular formula is C18H15N3O. The lowest BCUT2D eigenvalue weighted by atomic mass is 9.79. The Hall–Kier alpha value is -2.94. The molecule has 0 aromatic heterocycles. The first-order valence-electron chi connectivity index (χ1n) is 6.91. The fourth-order valence-electron chi connectivity index (χ4n) is 2.60. The first-order chi connectivity index (χ1) is 10.7. The van der Waals surface area contributed by atoms with Crippen molar-refractivity contribution in [1.29, 1.82) is 0 Å². The van der Waals surface area contributed by atoms with Gasteiger partial charge in [0.15, 0.2) is 0 Å². The van der Waals surface area contributed by atoms with Crippen LogP contribution in [0.15, 0.2) is 78.6 Å². The third kappa shape index (κ3) is 2.17. The molecule has 0 saturated heterocycles. The Morgan fingerprint density at radius 3 is 2.09 bits per heavy atom. The van der Waals surface area contributed by atoms with E-state index in [1.165, 1.54) is 0 Å². The highest BCUT2D eigenvalue weighted by Crippen LogP contribution is 2.34. The van der Waals surface area contributed by atoms with E-state index in [0.29, 0.717) is 5.56 Å². The van der Waals surface area contributed by atoms with Crippen LogP contribution in [0.2, 0.25) is 0 Å². The van der Waals surface area contributed by atoms with Gasteiger partial charge >= 0.3 is 5.71 Å². The third-order valence-electron chi connectivity index (χ3n) is 3.84. The molecule has 3 N–H and O–H groups in total. The lowest BCUT2D eigenvalue weighted by molar-refractivity contribution is -0.0130. The summed E-state index contributed by atoms with van der Waals surface area (Å²) in [5.74, 6) is -0.0622. The van der Waals surface area contributed by atoms with Crippen molar-refractivity contribution in [1.82, 2.24) is 0 Å². The second-order valence-electron chi connectivity index (χ2n) is 5.15. The summed E-state index contributed by atoms with van der Waals surface area (Å²) in [6.07, 6.45) is 3.29. The van der Waals surface area contributed by atoms with Gasteiger partial charge in [0.1, 0.15) is 5.76 Å². The van der Waals surface area contributed by atoms with Crippen LogP contribution in [0.3, 0.4) is 0 Å². The quantitative estimate of drug-likeness (QED) is 0.658. The van der Waals surface area contributed by atoms with Gasteiger partial charge in [-0.3, -0.25) is 0 Å². The Kier molecular flexibility index (Phi) is 3.47. The summed E-state index contributed by atoms with van der Waals surface area (Å²) in [5.41, 5.74) is 16.9. The summed E-state index contributed by atoms with van der Waals surface area (Å²) < 4.78 is 0. The van der Waals surface area contributed by atoms with E-state index in [1.807, 2.05) is 48.5 Å². The van der Waals surface area contributed by atoms with Crippen molar-refractivity contribution in [2.24, 2.45) is 5.73 Å². The number of allylic oxidation sites excluding steroid dienone is 2. The molecular weight excluding hydrogens is 274 g/mol. The van der Waals surface area contributed by atoms with Crippen LogP contribution in [0.4, 0.5) is 0 Å². The number of nitrogens with zero attached hydrogens (tertiary/aromatic N) is 2. The van der Waals surface area contributed by atoms with Gasteiger partial charge < -0.3 is 16.4 Å². The number of aliphatic hydroxyl groups is 1. The van der Waals surface area contributed by atoms with Crippen molar-refractivity contribution in [3.63, 3.8) is 0 Å². The molecule has 2 aromatic rings. The summed E-state index contributed by atoms with van der Waals surface area (Å²) in [5, 5.41) is 10.5. The molecule has 0 fully saturated rings. The maximum Gasteiger partial charge on any atom is 0.324 e. The van der Waals surface area contributed by atoms with Gasteiger partial charge in [-0.2, -0.15) is 4.79 Å². The van der Waals surface area contributed by atoms with Gasteiger partial charge in [0.05, 0.1) is 0 Å². The van der Waals surface area contributed by atoms with Crippen LogP contribution in [0.1, 0.15) is 11.1 Å². The number of benzene rings is 2. The SMILES string of the molecule is [N-]=[N+]=C1C=C(c2ccccc2)C=C(O)C1(N)c1ccccc1. The average Bonchev–Trinajstić information content (AvgIpc) is 2.58. The zero-order chi connectivity index (χ0) is 15.6. The molecule has 4 heteroatoms. The van der Waals surface area contributed by atoms with Crippen LogP contribution in [0.25, 0.3) is 11.1 Å². The third-order valence-corrected chi connectivity index (χ3v) is 3.84. The van der Waals surface area contributed by atoms with Crippen LogP contribution in [-0.2, 0) is 5.54 Å². The monoisotopic (exact) mass is 289 g/mol. The van der Waals surface area contributed by atoms with Gasteiger partial charge in [0.25, 0.3) is 0 Å². The van der Waals surface area contributed by atoms with Crippen molar-refractivity contribution in [3.05, 3.63) is 95.2 Å². The molecule has 0 heterocycles. The van der Waals surface area contributed by atoms with Crippen LogP contribution in [-0.4, -0.2) is 15.6 Å². The molecule has 4 nitrogen and oxygen atoms in total. The highest BCUT2D eigenvalue weighted by atomic mass is 16.3. The number of hydrogen-bond acceptors (Lipinski definition) is 2. The number of rotatable bonds is 2. The fourth-order valence-corrected chi connectivity index (χ4v) is 2.60. The molecule has 108 valence electrons. The Balaban J connectivity index is 2.14. The Bertz CT molecular complexity index is 803. The minimum absolute atomic E-state index is 0.0622. The normalized spacial score (nSPS) is 20.9. The van der Waals surface area contributed by atoms with Crippen LogP contribution < -0.4 is 5.73 Å². The molecule has 22 heavy (non-hydrogen) atoms. The van der Waals surface area contributed by atoms with Crippen molar-refractivity contribution in [3.8, 4) is 0 Å². The molecule has 0 amide bonds. The van der Waals surface area contributed by atoms with Gasteiger partial charge in [-0.25, -0.2) is 0 Å².